The number of hydrogen-bond donors (Lipinski definition) is 3. The Labute approximate surface area is 465 Å². The van der Waals surface area contributed by atoms with Crippen LogP contribution < -0.4 is 5.46 Å². The van der Waals surface area contributed by atoms with Crippen LogP contribution in [0.5, 0.6) is 0 Å². The smallest absolute Gasteiger partial charge is 0.481 e. The largest absolute Gasteiger partial charge is 0.495 e. The summed E-state index contributed by atoms with van der Waals surface area (Å²) in [5.74, 6) is -0.810. The van der Waals surface area contributed by atoms with Crippen LogP contribution in [0.15, 0.2) is 109 Å². The van der Waals surface area contributed by atoms with Crippen LogP contribution in [0.4, 0.5) is 0 Å². The average Bonchev–Trinajstić information content (AvgIpc) is 3.64. The number of aryl methyl sites for hydroxylation is 4. The highest BCUT2D eigenvalue weighted by Gasteiger charge is 2.52. The molecule has 2 aliphatic carbocycles. The van der Waals surface area contributed by atoms with Crippen LogP contribution in [0.2, 0.25) is 0 Å². The number of benzene rings is 5. The molecule has 1 saturated heterocycles. The van der Waals surface area contributed by atoms with Gasteiger partial charge in [0.2, 0.25) is 0 Å². The normalized spacial score (nSPS) is 18.4. The van der Waals surface area contributed by atoms with E-state index in [0.29, 0.717) is 0 Å². The number of carboxylic acids is 1. The van der Waals surface area contributed by atoms with Crippen molar-refractivity contribution in [3.63, 3.8) is 0 Å². The van der Waals surface area contributed by atoms with E-state index in [4.69, 9.17) is 14.4 Å². The highest BCUT2D eigenvalue weighted by atomic mass is 16.7. The number of hydrogen-bond acceptors (Lipinski definition) is 5. The Morgan fingerprint density at radius 1 is 0.519 bits per heavy atom. The Balaban J connectivity index is 0.000000224. The molecule has 6 nitrogen and oxygen atoms in total. The van der Waals surface area contributed by atoms with Gasteiger partial charge in [0.15, 0.2) is 0 Å². The minimum Gasteiger partial charge on any atom is -0.481 e. The number of aliphatic carboxylic acids is 1. The highest BCUT2D eigenvalue weighted by molar-refractivity contribution is 6.62. The molecule has 3 N–H and O–H groups in total. The van der Waals surface area contributed by atoms with Crippen LogP contribution in [-0.4, -0.2) is 50.8 Å². The van der Waals surface area contributed by atoms with E-state index in [1.54, 1.807) is 0 Å². The summed E-state index contributed by atoms with van der Waals surface area (Å²) in [6.07, 6.45) is 25.3. The molecule has 5 aromatic rings. The van der Waals surface area contributed by atoms with Crippen LogP contribution in [0, 0.1) is 27.7 Å². The van der Waals surface area contributed by atoms with E-state index in [2.05, 4.69) is 174 Å². The van der Waals surface area contributed by atoms with Gasteiger partial charge in [-0.15, -0.1) is 0 Å². The third kappa shape index (κ3) is 13.5. The predicted molar refractivity (Wildman–Crippen MR) is 323 cm³/mol. The van der Waals surface area contributed by atoms with Gasteiger partial charge in [0.1, 0.15) is 0 Å². The molecule has 8 rings (SSSR count). The lowest BCUT2D eigenvalue weighted by Gasteiger charge is -2.34. The van der Waals surface area contributed by atoms with Gasteiger partial charge in [0.25, 0.3) is 0 Å². The first-order valence-corrected chi connectivity index (χ1v) is 29.5. The zero-order valence-corrected chi connectivity index (χ0v) is 49.2. The van der Waals surface area contributed by atoms with Crippen LogP contribution in [-0.2, 0) is 31.4 Å². The van der Waals surface area contributed by atoms with Gasteiger partial charge in [-0.1, -0.05) is 206 Å². The minimum atomic E-state index is -0.810. The monoisotopic (exact) mass is 1040 g/mol. The van der Waals surface area contributed by atoms with E-state index in [0.717, 1.165) is 93.6 Å². The van der Waals surface area contributed by atoms with Gasteiger partial charge in [-0.25, -0.2) is 0 Å². The van der Waals surface area contributed by atoms with Crippen molar-refractivity contribution in [1.82, 2.24) is 0 Å². The number of carboxylic acid groups (broad SMARTS) is 1. The van der Waals surface area contributed by atoms with Crippen molar-refractivity contribution in [2.24, 2.45) is 0 Å². The van der Waals surface area contributed by atoms with Gasteiger partial charge in [-0.2, -0.15) is 0 Å². The topological polar surface area (TPSA) is 96.2 Å². The Kier molecular flexibility index (Phi) is 19.3. The van der Waals surface area contributed by atoms with Gasteiger partial charge in [-0.3, -0.25) is 4.79 Å². The van der Waals surface area contributed by atoms with E-state index >= 15 is 0 Å². The third-order valence-electron chi connectivity index (χ3n) is 18.9. The third-order valence-corrected chi connectivity index (χ3v) is 18.9. The standard InChI is InChI=1S/C36H44O3.C34H49BO3/c1-5-36(6-2,31-16-15-29(26(3)23-31)19-22-35(39)20-9-7-8-10-21-35)32-17-18-33(27(4)24-32)30-13-11-28(12-14-30)25-34(37)38;1-9-34(10-2,29-17-18-30(26(4)24-29)35-37-31(5,6)32(7,8)38-35)28-16-15-27(25(3)23-28)19-22-33(36)20-13-11-12-14-21-33/h11-19,22-24,39H,5-10,20-21,25H2,1-4H3,(H,37,38);15-19,22-24,36H,9-14,20-21H2,1-8H3/b2*22-19+. The fourth-order valence-corrected chi connectivity index (χ4v) is 12.8. The SMILES string of the molecule is CCC(CC)(c1ccc(/C=C/C2(O)CCCCCC2)c(C)c1)c1ccc(-c2ccc(CC(=O)O)cc2)c(C)c1.CCC(CC)(c1ccc(/C=C/C2(O)CCCCCC2)c(C)c1)c1ccc(B2OC(C)(C)C(C)(C)O2)c(C)c1. The lowest BCUT2D eigenvalue weighted by molar-refractivity contribution is -0.136. The molecule has 412 valence electrons. The van der Waals surface area contributed by atoms with Crippen molar-refractivity contribution < 1.29 is 29.4 Å². The van der Waals surface area contributed by atoms with E-state index in [9.17, 15) is 15.0 Å². The van der Waals surface area contributed by atoms with E-state index < -0.39 is 17.2 Å². The Bertz CT molecular complexity index is 2830. The molecular weight excluding hydrogens is 948 g/mol. The lowest BCUT2D eigenvalue weighted by atomic mass is 9.68. The maximum absolute atomic E-state index is 11.1. The molecule has 0 aromatic heterocycles. The van der Waals surface area contributed by atoms with Crippen molar-refractivity contribution in [3.8, 4) is 11.1 Å². The quantitative estimate of drug-likeness (QED) is 0.0673. The second-order valence-corrected chi connectivity index (χ2v) is 24.4. The van der Waals surface area contributed by atoms with Crippen LogP contribution in [0.1, 0.15) is 219 Å². The summed E-state index contributed by atoms with van der Waals surface area (Å²) in [5.41, 5.74) is 14.7. The van der Waals surface area contributed by atoms with Gasteiger partial charge in [0.05, 0.1) is 28.8 Å². The summed E-state index contributed by atoms with van der Waals surface area (Å²) in [7, 11) is -0.344. The summed E-state index contributed by atoms with van der Waals surface area (Å²) < 4.78 is 12.7. The first kappa shape index (κ1) is 59.6. The van der Waals surface area contributed by atoms with Crippen molar-refractivity contribution in [1.29, 1.82) is 0 Å². The molecular formula is C70H93BO6. The van der Waals surface area contributed by atoms with Gasteiger partial charge >= 0.3 is 13.1 Å². The molecule has 1 aliphatic heterocycles. The van der Waals surface area contributed by atoms with Gasteiger partial charge in [0, 0.05) is 10.8 Å². The zero-order valence-electron chi connectivity index (χ0n) is 49.2. The van der Waals surface area contributed by atoms with E-state index in [-0.39, 0.29) is 35.6 Å². The zero-order chi connectivity index (χ0) is 55.8. The number of aliphatic hydroxyl groups is 2. The maximum Gasteiger partial charge on any atom is 0.495 e. The first-order chi connectivity index (χ1) is 36.6. The van der Waals surface area contributed by atoms with Crippen molar-refractivity contribution in [2.75, 3.05) is 0 Å². The molecule has 3 aliphatic rings. The summed E-state index contributed by atoms with van der Waals surface area (Å²) in [5, 5.41) is 31.2. The molecule has 77 heavy (non-hydrogen) atoms. The minimum absolute atomic E-state index is 0.0442. The molecule has 3 fully saturated rings. The summed E-state index contributed by atoms with van der Waals surface area (Å²) in [6, 6.07) is 35.3. The Morgan fingerprint density at radius 2 is 0.896 bits per heavy atom. The molecule has 5 aromatic carbocycles. The average molecular weight is 1040 g/mol. The summed E-state index contributed by atoms with van der Waals surface area (Å²) >= 11 is 0. The molecule has 0 unspecified atom stereocenters. The highest BCUT2D eigenvalue weighted by Crippen LogP contribution is 2.44. The molecule has 0 spiro atoms. The van der Waals surface area contributed by atoms with Crippen molar-refractivity contribution >= 4 is 30.7 Å². The summed E-state index contributed by atoms with van der Waals surface area (Å²) in [6.45, 7) is 26.3. The first-order valence-electron chi connectivity index (χ1n) is 29.5. The lowest BCUT2D eigenvalue weighted by Crippen LogP contribution is -2.41. The Hall–Kier alpha value is -5.05. The molecule has 2 saturated carbocycles. The second-order valence-electron chi connectivity index (χ2n) is 24.4. The maximum atomic E-state index is 11.1. The van der Waals surface area contributed by atoms with Crippen LogP contribution in [0.3, 0.4) is 0 Å². The fraction of sp³-hybridized carbons (Fsp3) is 0.500. The van der Waals surface area contributed by atoms with Gasteiger partial charge in [-0.05, 0) is 179 Å². The second kappa shape index (κ2) is 25.0. The van der Waals surface area contributed by atoms with Crippen LogP contribution >= 0.6 is 0 Å². The van der Waals surface area contributed by atoms with Gasteiger partial charge < -0.3 is 24.6 Å². The molecule has 0 bridgehead atoms. The van der Waals surface area contributed by atoms with Crippen molar-refractivity contribution in [2.45, 2.75) is 225 Å². The summed E-state index contributed by atoms with van der Waals surface area (Å²) in [4.78, 5) is 11.0. The van der Waals surface area contributed by atoms with Crippen molar-refractivity contribution in [3.05, 3.63) is 170 Å². The molecule has 7 heteroatoms. The Morgan fingerprint density at radius 3 is 1.26 bits per heavy atom. The molecule has 0 radical (unpaired) electrons. The number of carbonyl (C=O) groups is 1. The molecule has 0 amide bonds. The fourth-order valence-electron chi connectivity index (χ4n) is 12.8. The van der Waals surface area contributed by atoms with E-state index in [1.807, 2.05) is 30.3 Å². The van der Waals surface area contributed by atoms with Crippen LogP contribution in [0.25, 0.3) is 23.3 Å². The number of rotatable bonds is 16. The predicted octanol–water partition coefficient (Wildman–Crippen LogP) is 16.6. The van der Waals surface area contributed by atoms with E-state index in [1.165, 1.54) is 86.9 Å². The molecule has 1 heterocycles. The molecule has 0 atom stereocenters.